The Morgan fingerprint density at radius 3 is 2.38 bits per heavy atom. The average molecular weight is 251 g/mol. The number of carbonyl (C=O) groups is 2. The van der Waals surface area contributed by atoms with Gasteiger partial charge in [0, 0.05) is 6.42 Å². The number of ether oxygens (including phenoxy) is 1. The van der Waals surface area contributed by atoms with Crippen molar-refractivity contribution in [3.8, 4) is 0 Å². The lowest BCUT2D eigenvalue weighted by Gasteiger charge is -2.19. The third kappa shape index (κ3) is 8.22. The Hall–Kier alpha value is -1.11. The average Bonchev–Trinajstić information content (AvgIpc) is 1.98. The Kier molecular flexibility index (Phi) is 5.43. The van der Waals surface area contributed by atoms with E-state index in [-0.39, 0.29) is 18.6 Å². The molecule has 0 aliphatic heterocycles. The van der Waals surface area contributed by atoms with Crippen LogP contribution in [0.4, 0.5) is 4.79 Å². The molecule has 0 unspecified atom stereocenters. The topological polar surface area (TPSA) is 89.5 Å². The van der Waals surface area contributed by atoms with Gasteiger partial charge in [0.2, 0.25) is 10.0 Å². The lowest BCUT2D eigenvalue weighted by Crippen LogP contribution is -2.37. The Morgan fingerprint density at radius 1 is 1.38 bits per heavy atom. The van der Waals surface area contributed by atoms with Crippen LogP contribution >= 0.6 is 0 Å². The summed E-state index contributed by atoms with van der Waals surface area (Å²) in [5.41, 5.74) is -0.748. The SMILES string of the molecule is CC(C)(C)OC(=O)NS(=O)(=O)CCCC=O. The lowest BCUT2D eigenvalue weighted by atomic mass is 10.2. The highest BCUT2D eigenvalue weighted by Crippen LogP contribution is 2.07. The molecule has 0 aromatic carbocycles. The molecule has 0 saturated heterocycles. The summed E-state index contributed by atoms with van der Waals surface area (Å²) in [4.78, 5) is 21.1. The maximum atomic E-state index is 11.3. The van der Waals surface area contributed by atoms with Crippen molar-refractivity contribution in [2.45, 2.75) is 39.2 Å². The maximum absolute atomic E-state index is 11.3. The Balaban J connectivity index is 4.16. The number of sulfonamides is 1. The molecule has 0 fully saturated rings. The predicted octanol–water partition coefficient (Wildman–Crippen LogP) is 0.820. The molecular weight excluding hydrogens is 234 g/mol. The van der Waals surface area contributed by atoms with E-state index in [1.54, 1.807) is 25.5 Å². The molecule has 0 aromatic rings. The fourth-order valence-electron chi connectivity index (χ4n) is 0.834. The van der Waals surface area contributed by atoms with E-state index in [0.717, 1.165) is 0 Å². The van der Waals surface area contributed by atoms with Crippen LogP contribution in [0.1, 0.15) is 33.6 Å². The van der Waals surface area contributed by atoms with Crippen molar-refractivity contribution in [3.05, 3.63) is 0 Å². The van der Waals surface area contributed by atoms with E-state index in [0.29, 0.717) is 6.29 Å². The molecule has 1 amide bonds. The van der Waals surface area contributed by atoms with Crippen LogP contribution in [-0.4, -0.2) is 32.2 Å². The van der Waals surface area contributed by atoms with Gasteiger partial charge in [-0.1, -0.05) is 0 Å². The van der Waals surface area contributed by atoms with Crippen molar-refractivity contribution < 1.29 is 22.7 Å². The van der Waals surface area contributed by atoms with Gasteiger partial charge < -0.3 is 9.53 Å². The summed E-state index contributed by atoms with van der Waals surface area (Å²) in [6.07, 6.45) is -0.0431. The molecule has 7 heteroatoms. The molecule has 0 spiro atoms. The summed E-state index contributed by atoms with van der Waals surface area (Å²) in [6.45, 7) is 4.89. The van der Waals surface area contributed by atoms with Crippen molar-refractivity contribution in [2.75, 3.05) is 5.75 Å². The highest BCUT2D eigenvalue weighted by Gasteiger charge is 2.20. The minimum Gasteiger partial charge on any atom is -0.443 e. The largest absolute Gasteiger partial charge is 0.443 e. The van der Waals surface area contributed by atoms with Gasteiger partial charge in [0.25, 0.3) is 0 Å². The normalized spacial score (nSPS) is 11.9. The van der Waals surface area contributed by atoms with Crippen LogP contribution in [0.15, 0.2) is 0 Å². The first-order valence-corrected chi connectivity index (χ1v) is 6.48. The van der Waals surface area contributed by atoms with Crippen LogP contribution in [-0.2, 0) is 19.6 Å². The van der Waals surface area contributed by atoms with Gasteiger partial charge >= 0.3 is 6.09 Å². The number of aldehydes is 1. The van der Waals surface area contributed by atoms with Gasteiger partial charge in [0.05, 0.1) is 5.75 Å². The van der Waals surface area contributed by atoms with Crippen LogP contribution in [0, 0.1) is 0 Å². The molecule has 0 aliphatic rings. The van der Waals surface area contributed by atoms with Crippen LogP contribution < -0.4 is 4.72 Å². The van der Waals surface area contributed by atoms with Gasteiger partial charge in [0.15, 0.2) is 0 Å². The first kappa shape index (κ1) is 14.9. The van der Waals surface area contributed by atoms with Crippen molar-refractivity contribution in [1.82, 2.24) is 4.72 Å². The second kappa shape index (κ2) is 5.83. The molecule has 0 heterocycles. The van der Waals surface area contributed by atoms with E-state index in [9.17, 15) is 18.0 Å². The predicted molar refractivity (Wildman–Crippen MR) is 58.5 cm³/mol. The van der Waals surface area contributed by atoms with Crippen LogP contribution in [0.25, 0.3) is 0 Å². The monoisotopic (exact) mass is 251 g/mol. The number of nitrogens with one attached hydrogen (secondary N) is 1. The quantitative estimate of drug-likeness (QED) is 0.577. The molecular formula is C9H17NO5S. The minimum absolute atomic E-state index is 0.148. The Morgan fingerprint density at radius 2 is 1.94 bits per heavy atom. The molecule has 16 heavy (non-hydrogen) atoms. The van der Waals surface area contributed by atoms with E-state index in [2.05, 4.69) is 0 Å². The molecule has 0 atom stereocenters. The highest BCUT2D eigenvalue weighted by molar-refractivity contribution is 7.90. The van der Waals surface area contributed by atoms with Gasteiger partial charge in [-0.25, -0.2) is 17.9 Å². The van der Waals surface area contributed by atoms with Gasteiger partial charge in [0.1, 0.15) is 11.9 Å². The summed E-state index contributed by atoms with van der Waals surface area (Å²) in [6, 6.07) is 0. The van der Waals surface area contributed by atoms with E-state index in [4.69, 9.17) is 4.74 Å². The van der Waals surface area contributed by atoms with Gasteiger partial charge in [-0.2, -0.15) is 0 Å². The summed E-state index contributed by atoms with van der Waals surface area (Å²) in [5.74, 6) is -0.273. The van der Waals surface area contributed by atoms with Gasteiger partial charge in [-0.15, -0.1) is 0 Å². The molecule has 1 N–H and O–H groups in total. The molecule has 0 saturated carbocycles. The zero-order chi connectivity index (χ0) is 12.8. The lowest BCUT2D eigenvalue weighted by molar-refractivity contribution is -0.107. The minimum atomic E-state index is -3.71. The Bertz CT molecular complexity index is 341. The van der Waals surface area contributed by atoms with Crippen molar-refractivity contribution in [3.63, 3.8) is 0 Å². The summed E-state index contributed by atoms with van der Waals surface area (Å²) < 4.78 is 29.1. The fourth-order valence-corrected chi connectivity index (χ4v) is 1.78. The molecule has 94 valence electrons. The molecule has 0 radical (unpaired) electrons. The molecule has 0 aromatic heterocycles. The van der Waals surface area contributed by atoms with Crippen molar-refractivity contribution in [2.24, 2.45) is 0 Å². The number of hydrogen-bond acceptors (Lipinski definition) is 5. The maximum Gasteiger partial charge on any atom is 0.421 e. The number of amides is 1. The third-order valence-corrected chi connectivity index (χ3v) is 2.68. The van der Waals surface area contributed by atoms with E-state index >= 15 is 0 Å². The first-order valence-electron chi connectivity index (χ1n) is 4.83. The van der Waals surface area contributed by atoms with Crippen LogP contribution in [0.5, 0.6) is 0 Å². The number of carbonyl (C=O) groups excluding carboxylic acids is 2. The van der Waals surface area contributed by atoms with Crippen LogP contribution in [0.3, 0.4) is 0 Å². The van der Waals surface area contributed by atoms with E-state index in [1.165, 1.54) is 0 Å². The number of hydrogen-bond donors (Lipinski definition) is 1. The van der Waals surface area contributed by atoms with E-state index in [1.807, 2.05) is 0 Å². The Labute approximate surface area is 95.4 Å². The molecule has 0 rings (SSSR count). The fraction of sp³-hybridized carbons (Fsp3) is 0.778. The zero-order valence-electron chi connectivity index (χ0n) is 9.65. The smallest absolute Gasteiger partial charge is 0.421 e. The zero-order valence-corrected chi connectivity index (χ0v) is 10.5. The highest BCUT2D eigenvalue weighted by atomic mass is 32.2. The summed E-state index contributed by atoms with van der Waals surface area (Å²) in [7, 11) is -3.71. The standard InChI is InChI=1S/C9H17NO5S/c1-9(2,3)15-8(12)10-16(13,14)7-5-4-6-11/h6H,4-5,7H2,1-3H3,(H,10,12). The third-order valence-electron chi connectivity index (χ3n) is 1.37. The second-order valence-electron chi connectivity index (χ2n) is 4.23. The van der Waals surface area contributed by atoms with Gasteiger partial charge in [-0.3, -0.25) is 0 Å². The van der Waals surface area contributed by atoms with Gasteiger partial charge in [-0.05, 0) is 27.2 Å². The van der Waals surface area contributed by atoms with Crippen molar-refractivity contribution >= 4 is 22.4 Å². The first-order chi connectivity index (χ1) is 7.16. The number of rotatable bonds is 5. The summed E-state index contributed by atoms with van der Waals surface area (Å²) in [5, 5.41) is 0. The molecule has 0 aliphatic carbocycles. The van der Waals surface area contributed by atoms with E-state index < -0.39 is 21.7 Å². The van der Waals surface area contributed by atoms with Crippen LogP contribution in [0.2, 0.25) is 0 Å². The van der Waals surface area contributed by atoms with Crippen molar-refractivity contribution in [1.29, 1.82) is 0 Å². The molecule has 6 nitrogen and oxygen atoms in total. The second-order valence-corrected chi connectivity index (χ2v) is 6.07. The molecule has 0 bridgehead atoms. The number of unbranched alkanes of at least 4 members (excludes halogenated alkanes) is 1. The summed E-state index contributed by atoms with van der Waals surface area (Å²) >= 11 is 0.